The SMILES string of the molecule is CCOc1ccc(CNC(=O)[C@@H]2CCN(S(C)(=O)=O)c3cc(Cl)ccc3O2)cc1. The molecular weight excluding hydrogens is 416 g/mol. The zero-order chi connectivity index (χ0) is 21.0. The first kappa shape index (κ1) is 21.3. The molecule has 1 atom stereocenters. The highest BCUT2D eigenvalue weighted by molar-refractivity contribution is 7.92. The number of hydrogen-bond donors (Lipinski definition) is 1. The van der Waals surface area contributed by atoms with E-state index in [1.807, 2.05) is 31.2 Å². The number of ether oxygens (including phenoxy) is 2. The van der Waals surface area contributed by atoms with Crippen molar-refractivity contribution in [3.8, 4) is 11.5 Å². The minimum absolute atomic E-state index is 0.118. The summed E-state index contributed by atoms with van der Waals surface area (Å²) in [6, 6.07) is 12.1. The highest BCUT2D eigenvalue weighted by atomic mass is 35.5. The van der Waals surface area contributed by atoms with Gasteiger partial charge < -0.3 is 14.8 Å². The molecule has 1 amide bonds. The van der Waals surface area contributed by atoms with E-state index in [4.69, 9.17) is 21.1 Å². The lowest BCUT2D eigenvalue weighted by Gasteiger charge is -2.21. The maximum absolute atomic E-state index is 12.7. The molecule has 0 unspecified atom stereocenters. The largest absolute Gasteiger partial charge is 0.494 e. The van der Waals surface area contributed by atoms with Gasteiger partial charge in [-0.1, -0.05) is 23.7 Å². The minimum Gasteiger partial charge on any atom is -0.494 e. The van der Waals surface area contributed by atoms with Gasteiger partial charge in [0.15, 0.2) is 6.10 Å². The first-order chi connectivity index (χ1) is 13.8. The van der Waals surface area contributed by atoms with Gasteiger partial charge in [-0.25, -0.2) is 8.42 Å². The number of benzene rings is 2. The summed E-state index contributed by atoms with van der Waals surface area (Å²) in [6.07, 6.45) is 0.516. The molecule has 9 heteroatoms. The molecule has 1 N–H and O–H groups in total. The topological polar surface area (TPSA) is 84.9 Å². The van der Waals surface area contributed by atoms with Crippen LogP contribution in [0.4, 0.5) is 5.69 Å². The van der Waals surface area contributed by atoms with E-state index in [2.05, 4.69) is 5.32 Å². The van der Waals surface area contributed by atoms with Gasteiger partial charge in [-0.3, -0.25) is 9.10 Å². The van der Waals surface area contributed by atoms with Gasteiger partial charge in [-0.15, -0.1) is 0 Å². The number of carbonyl (C=O) groups excluding carboxylic acids is 1. The third kappa shape index (κ3) is 5.33. The fraction of sp³-hybridized carbons (Fsp3) is 0.350. The van der Waals surface area contributed by atoms with Crippen LogP contribution >= 0.6 is 11.6 Å². The first-order valence-electron chi connectivity index (χ1n) is 9.21. The molecule has 0 saturated carbocycles. The van der Waals surface area contributed by atoms with Crippen LogP contribution < -0.4 is 19.1 Å². The highest BCUT2D eigenvalue weighted by Gasteiger charge is 2.31. The van der Waals surface area contributed by atoms with Gasteiger partial charge in [-0.2, -0.15) is 0 Å². The smallest absolute Gasteiger partial charge is 0.261 e. The van der Waals surface area contributed by atoms with Crippen LogP contribution in [0.2, 0.25) is 5.02 Å². The lowest BCUT2D eigenvalue weighted by Crippen LogP contribution is -2.39. The molecule has 2 aromatic rings. The Hall–Kier alpha value is -2.45. The number of nitrogens with zero attached hydrogens (tertiary/aromatic N) is 1. The predicted molar refractivity (Wildman–Crippen MR) is 112 cm³/mol. The van der Waals surface area contributed by atoms with Crippen molar-refractivity contribution in [2.24, 2.45) is 0 Å². The van der Waals surface area contributed by atoms with E-state index in [9.17, 15) is 13.2 Å². The van der Waals surface area contributed by atoms with E-state index < -0.39 is 16.1 Å². The van der Waals surface area contributed by atoms with E-state index >= 15 is 0 Å². The van der Waals surface area contributed by atoms with Crippen LogP contribution in [0.1, 0.15) is 18.9 Å². The molecule has 1 aliphatic heterocycles. The zero-order valence-corrected chi connectivity index (χ0v) is 17.8. The van der Waals surface area contributed by atoms with Crippen molar-refractivity contribution in [3.05, 3.63) is 53.1 Å². The van der Waals surface area contributed by atoms with Gasteiger partial charge in [0.05, 0.1) is 18.6 Å². The molecule has 2 aromatic carbocycles. The van der Waals surface area contributed by atoms with Crippen molar-refractivity contribution in [3.63, 3.8) is 0 Å². The summed E-state index contributed by atoms with van der Waals surface area (Å²) in [5, 5.41) is 3.23. The maximum atomic E-state index is 12.7. The van der Waals surface area contributed by atoms with Gasteiger partial charge in [0, 0.05) is 24.5 Å². The number of nitrogens with one attached hydrogen (secondary N) is 1. The Kier molecular flexibility index (Phi) is 6.54. The Balaban J connectivity index is 1.71. The van der Waals surface area contributed by atoms with Crippen molar-refractivity contribution < 1.29 is 22.7 Å². The average Bonchev–Trinajstić information content (AvgIpc) is 2.86. The summed E-state index contributed by atoms with van der Waals surface area (Å²) in [5.74, 6) is 0.763. The lowest BCUT2D eigenvalue weighted by atomic mass is 10.2. The van der Waals surface area contributed by atoms with Crippen molar-refractivity contribution in [2.45, 2.75) is 26.0 Å². The van der Waals surface area contributed by atoms with Crippen molar-refractivity contribution >= 4 is 33.2 Å². The average molecular weight is 439 g/mol. The van der Waals surface area contributed by atoms with Crippen molar-refractivity contribution in [1.29, 1.82) is 0 Å². The molecule has 156 valence electrons. The van der Waals surface area contributed by atoms with E-state index in [0.29, 0.717) is 29.6 Å². The van der Waals surface area contributed by atoms with Crippen LogP contribution in [0, 0.1) is 0 Å². The Morgan fingerprint density at radius 2 is 2.00 bits per heavy atom. The number of carbonyl (C=O) groups is 1. The Labute approximate surface area is 175 Å². The zero-order valence-electron chi connectivity index (χ0n) is 16.2. The molecule has 0 aliphatic carbocycles. The fourth-order valence-electron chi connectivity index (χ4n) is 3.05. The fourth-order valence-corrected chi connectivity index (χ4v) is 4.16. The van der Waals surface area contributed by atoms with Gasteiger partial charge in [0.25, 0.3) is 5.91 Å². The van der Waals surface area contributed by atoms with Gasteiger partial charge in [0.1, 0.15) is 11.5 Å². The third-order valence-electron chi connectivity index (χ3n) is 4.45. The molecule has 0 radical (unpaired) electrons. The number of rotatable bonds is 6. The maximum Gasteiger partial charge on any atom is 0.261 e. The molecule has 29 heavy (non-hydrogen) atoms. The second kappa shape index (κ2) is 8.92. The molecule has 0 fully saturated rings. The molecule has 0 aromatic heterocycles. The van der Waals surface area contributed by atoms with Crippen LogP contribution in [0.25, 0.3) is 0 Å². The minimum atomic E-state index is -3.54. The number of fused-ring (bicyclic) bond motifs is 1. The number of sulfonamides is 1. The van der Waals surface area contributed by atoms with Crippen LogP contribution in [0.5, 0.6) is 11.5 Å². The van der Waals surface area contributed by atoms with Gasteiger partial charge in [0.2, 0.25) is 10.0 Å². The summed E-state index contributed by atoms with van der Waals surface area (Å²) in [7, 11) is -3.54. The summed E-state index contributed by atoms with van der Waals surface area (Å²) in [5.41, 5.74) is 1.25. The molecule has 0 bridgehead atoms. The van der Waals surface area contributed by atoms with Crippen LogP contribution in [-0.4, -0.2) is 39.8 Å². The summed E-state index contributed by atoms with van der Waals surface area (Å²) in [6.45, 7) is 2.95. The number of amides is 1. The predicted octanol–water partition coefficient (Wildman–Crippen LogP) is 2.97. The molecule has 3 rings (SSSR count). The summed E-state index contributed by atoms with van der Waals surface area (Å²) >= 11 is 6.03. The van der Waals surface area contributed by atoms with E-state index in [1.165, 1.54) is 10.4 Å². The Morgan fingerprint density at radius 1 is 1.28 bits per heavy atom. The third-order valence-corrected chi connectivity index (χ3v) is 5.86. The second-order valence-electron chi connectivity index (χ2n) is 6.64. The highest BCUT2D eigenvalue weighted by Crippen LogP contribution is 2.36. The number of hydrogen-bond acceptors (Lipinski definition) is 5. The van der Waals surface area contributed by atoms with E-state index in [0.717, 1.165) is 17.6 Å². The van der Waals surface area contributed by atoms with Crippen molar-refractivity contribution in [1.82, 2.24) is 5.32 Å². The molecule has 7 nitrogen and oxygen atoms in total. The molecule has 0 saturated heterocycles. The van der Waals surface area contributed by atoms with Gasteiger partial charge in [-0.05, 0) is 42.8 Å². The van der Waals surface area contributed by atoms with E-state index in [-0.39, 0.29) is 18.9 Å². The standard InChI is InChI=1S/C20H23ClN2O5S/c1-3-27-16-7-4-14(5-8-16)13-22-20(24)19-10-11-23(29(2,25)26)17-12-15(21)6-9-18(17)28-19/h4-9,12,19H,3,10-11,13H2,1-2H3,(H,22,24)/t19-/m0/s1. The lowest BCUT2D eigenvalue weighted by molar-refractivity contribution is -0.128. The Bertz CT molecular complexity index is 979. The van der Waals surface area contributed by atoms with Crippen LogP contribution in [0.15, 0.2) is 42.5 Å². The van der Waals surface area contributed by atoms with E-state index in [1.54, 1.807) is 12.1 Å². The van der Waals surface area contributed by atoms with Crippen LogP contribution in [0.3, 0.4) is 0 Å². The molecule has 1 aliphatic rings. The first-order valence-corrected chi connectivity index (χ1v) is 11.4. The second-order valence-corrected chi connectivity index (χ2v) is 8.98. The summed E-state index contributed by atoms with van der Waals surface area (Å²) < 4.78 is 36.8. The number of halogens is 1. The molecular formula is C20H23ClN2O5S. The van der Waals surface area contributed by atoms with Crippen LogP contribution in [-0.2, 0) is 21.4 Å². The van der Waals surface area contributed by atoms with Gasteiger partial charge >= 0.3 is 0 Å². The molecule has 1 heterocycles. The number of anilines is 1. The quantitative estimate of drug-likeness (QED) is 0.749. The Morgan fingerprint density at radius 3 is 2.66 bits per heavy atom. The van der Waals surface area contributed by atoms with Crippen molar-refractivity contribution in [2.75, 3.05) is 23.7 Å². The summed E-state index contributed by atoms with van der Waals surface area (Å²) in [4.78, 5) is 12.7. The monoisotopic (exact) mass is 438 g/mol. The normalized spacial score (nSPS) is 16.4. The molecule has 0 spiro atoms.